The molecule has 0 spiro atoms. The molecule has 0 saturated heterocycles. The van der Waals surface area contributed by atoms with Crippen LogP contribution in [-0.4, -0.2) is 22.6 Å². The summed E-state index contributed by atoms with van der Waals surface area (Å²) >= 11 is 0. The normalized spacial score (nSPS) is 11.4. The van der Waals surface area contributed by atoms with Gasteiger partial charge in [0.2, 0.25) is 0 Å². The zero-order valence-corrected chi connectivity index (χ0v) is 9.06. The van der Waals surface area contributed by atoms with Crippen LogP contribution in [0.1, 0.15) is 17.7 Å². The molecule has 0 amide bonds. The van der Waals surface area contributed by atoms with Crippen LogP contribution in [0.4, 0.5) is 0 Å². The fourth-order valence-corrected chi connectivity index (χ4v) is 1.29. The van der Waals surface area contributed by atoms with E-state index in [4.69, 9.17) is 10.9 Å². The Balaban J connectivity index is 2.68. The Labute approximate surface area is 94.7 Å². The van der Waals surface area contributed by atoms with Crippen molar-refractivity contribution in [3.8, 4) is 0 Å². The molecule has 0 aliphatic carbocycles. The van der Waals surface area contributed by atoms with Crippen molar-refractivity contribution in [1.29, 1.82) is 0 Å². The molecule has 0 aromatic carbocycles. The van der Waals surface area contributed by atoms with E-state index in [1.807, 2.05) is 18.2 Å². The van der Waals surface area contributed by atoms with Gasteiger partial charge in [0.1, 0.15) is 5.69 Å². The Bertz CT molecular complexity index is 376. The number of oxime groups is 1. The second-order valence-electron chi connectivity index (χ2n) is 3.25. The molecule has 1 aromatic rings. The molecule has 0 saturated carbocycles. The lowest BCUT2D eigenvalue weighted by molar-refractivity contribution is 0.318. The van der Waals surface area contributed by atoms with Gasteiger partial charge in [-0.05, 0) is 24.6 Å². The maximum Gasteiger partial charge on any atom is 0.189 e. The molecule has 0 bridgehead atoms. The number of aromatic nitrogens is 1. The molecule has 86 valence electrons. The van der Waals surface area contributed by atoms with Crippen LogP contribution in [0.3, 0.4) is 0 Å². The molecule has 4 N–H and O–H groups in total. The van der Waals surface area contributed by atoms with Crippen LogP contribution < -0.4 is 11.1 Å². The summed E-state index contributed by atoms with van der Waals surface area (Å²) < 4.78 is 0. The molecule has 5 nitrogen and oxygen atoms in total. The fraction of sp³-hybridized carbons (Fsp3) is 0.273. The number of amidine groups is 1. The van der Waals surface area contributed by atoms with Crippen molar-refractivity contribution in [3.63, 3.8) is 0 Å². The Hall–Kier alpha value is -1.88. The van der Waals surface area contributed by atoms with Gasteiger partial charge in [0.15, 0.2) is 5.84 Å². The standard InChI is InChI=1S/C11H16N4O/c1-2-3-6-13-8-9-5-4-7-14-10(9)11(12)15-16/h2,4-5,7,13,16H,1,3,6,8H2,(H2,12,15). The molecule has 16 heavy (non-hydrogen) atoms. The van der Waals surface area contributed by atoms with Gasteiger partial charge in [0.05, 0.1) is 0 Å². The van der Waals surface area contributed by atoms with Crippen molar-refractivity contribution in [2.75, 3.05) is 6.54 Å². The van der Waals surface area contributed by atoms with Crippen LogP contribution >= 0.6 is 0 Å². The van der Waals surface area contributed by atoms with Crippen molar-refractivity contribution in [3.05, 3.63) is 42.2 Å². The first-order chi connectivity index (χ1) is 7.79. The van der Waals surface area contributed by atoms with Crippen LogP contribution in [0.2, 0.25) is 0 Å². The average Bonchev–Trinajstić information content (AvgIpc) is 2.34. The summed E-state index contributed by atoms with van der Waals surface area (Å²) in [5.41, 5.74) is 6.93. The number of rotatable bonds is 6. The minimum Gasteiger partial charge on any atom is -0.409 e. The third-order valence-corrected chi connectivity index (χ3v) is 2.08. The van der Waals surface area contributed by atoms with Gasteiger partial charge in [-0.2, -0.15) is 0 Å². The second kappa shape index (κ2) is 6.58. The Morgan fingerprint density at radius 3 is 3.19 bits per heavy atom. The number of nitrogens with zero attached hydrogens (tertiary/aromatic N) is 2. The second-order valence-corrected chi connectivity index (χ2v) is 3.25. The maximum atomic E-state index is 8.61. The lowest BCUT2D eigenvalue weighted by Gasteiger charge is -2.07. The van der Waals surface area contributed by atoms with Gasteiger partial charge in [-0.25, -0.2) is 0 Å². The lowest BCUT2D eigenvalue weighted by Crippen LogP contribution is -2.21. The SMILES string of the molecule is C=CCCNCc1cccnc1/C(N)=N\O. The largest absolute Gasteiger partial charge is 0.409 e. The average molecular weight is 220 g/mol. The molecule has 0 radical (unpaired) electrons. The van der Waals surface area contributed by atoms with Crippen LogP contribution in [-0.2, 0) is 6.54 Å². The molecule has 0 fully saturated rings. The molecule has 0 atom stereocenters. The number of hydrogen-bond donors (Lipinski definition) is 3. The quantitative estimate of drug-likeness (QED) is 0.166. The highest BCUT2D eigenvalue weighted by Gasteiger charge is 2.06. The predicted octanol–water partition coefficient (Wildman–Crippen LogP) is 0.842. The van der Waals surface area contributed by atoms with Crippen molar-refractivity contribution >= 4 is 5.84 Å². The monoisotopic (exact) mass is 220 g/mol. The van der Waals surface area contributed by atoms with E-state index in [0.717, 1.165) is 18.5 Å². The molecular weight excluding hydrogens is 204 g/mol. The molecule has 1 aromatic heterocycles. The van der Waals surface area contributed by atoms with Crippen molar-refractivity contribution in [2.45, 2.75) is 13.0 Å². The molecule has 0 unspecified atom stereocenters. The van der Waals surface area contributed by atoms with Gasteiger partial charge in [0, 0.05) is 12.7 Å². The Kier molecular flexibility index (Phi) is 5.01. The first kappa shape index (κ1) is 12.2. The number of pyridine rings is 1. The van der Waals surface area contributed by atoms with E-state index in [-0.39, 0.29) is 5.84 Å². The van der Waals surface area contributed by atoms with Gasteiger partial charge in [-0.1, -0.05) is 17.3 Å². The van der Waals surface area contributed by atoms with Crippen LogP contribution in [0.5, 0.6) is 0 Å². The summed E-state index contributed by atoms with van der Waals surface area (Å²) in [5.74, 6) is 0.0288. The first-order valence-corrected chi connectivity index (χ1v) is 5.03. The zero-order valence-electron chi connectivity index (χ0n) is 9.06. The third kappa shape index (κ3) is 3.36. The van der Waals surface area contributed by atoms with Gasteiger partial charge >= 0.3 is 0 Å². The first-order valence-electron chi connectivity index (χ1n) is 5.03. The number of nitrogens with one attached hydrogen (secondary N) is 1. The number of hydrogen-bond acceptors (Lipinski definition) is 4. The zero-order chi connectivity index (χ0) is 11.8. The topological polar surface area (TPSA) is 83.5 Å². The summed E-state index contributed by atoms with van der Waals surface area (Å²) in [6, 6.07) is 3.71. The van der Waals surface area contributed by atoms with E-state index in [2.05, 4.69) is 22.0 Å². The molecule has 1 rings (SSSR count). The van der Waals surface area contributed by atoms with E-state index in [1.54, 1.807) is 6.20 Å². The Morgan fingerprint density at radius 2 is 2.50 bits per heavy atom. The highest BCUT2D eigenvalue weighted by atomic mass is 16.4. The molecule has 0 aliphatic heterocycles. The van der Waals surface area contributed by atoms with Crippen molar-refractivity contribution in [1.82, 2.24) is 10.3 Å². The maximum absolute atomic E-state index is 8.61. The molecule has 5 heteroatoms. The smallest absolute Gasteiger partial charge is 0.189 e. The molecule has 1 heterocycles. The summed E-state index contributed by atoms with van der Waals surface area (Å²) in [7, 11) is 0. The van der Waals surface area contributed by atoms with Crippen molar-refractivity contribution < 1.29 is 5.21 Å². The minimum atomic E-state index is 0.0288. The van der Waals surface area contributed by atoms with Gasteiger partial charge in [0.25, 0.3) is 0 Å². The van der Waals surface area contributed by atoms with E-state index in [0.29, 0.717) is 12.2 Å². The van der Waals surface area contributed by atoms with E-state index >= 15 is 0 Å². The highest BCUT2D eigenvalue weighted by Crippen LogP contribution is 2.04. The summed E-state index contributed by atoms with van der Waals surface area (Å²) in [5, 5.41) is 14.8. The van der Waals surface area contributed by atoms with Gasteiger partial charge < -0.3 is 16.3 Å². The molecular formula is C11H16N4O. The van der Waals surface area contributed by atoms with Crippen LogP contribution in [0, 0.1) is 0 Å². The van der Waals surface area contributed by atoms with E-state index in [1.165, 1.54) is 0 Å². The predicted molar refractivity (Wildman–Crippen MR) is 63.3 cm³/mol. The van der Waals surface area contributed by atoms with Crippen LogP contribution in [0.25, 0.3) is 0 Å². The Morgan fingerprint density at radius 1 is 1.69 bits per heavy atom. The van der Waals surface area contributed by atoms with Gasteiger partial charge in [-0.3, -0.25) is 4.98 Å². The minimum absolute atomic E-state index is 0.0288. The third-order valence-electron chi connectivity index (χ3n) is 2.08. The fourth-order valence-electron chi connectivity index (χ4n) is 1.29. The van der Waals surface area contributed by atoms with Crippen molar-refractivity contribution in [2.24, 2.45) is 10.9 Å². The summed E-state index contributed by atoms with van der Waals surface area (Å²) in [6.07, 6.45) is 4.36. The van der Waals surface area contributed by atoms with Crippen LogP contribution in [0.15, 0.2) is 36.1 Å². The van der Waals surface area contributed by atoms with Gasteiger partial charge in [-0.15, -0.1) is 6.58 Å². The number of nitrogens with two attached hydrogens (primary N) is 1. The highest BCUT2D eigenvalue weighted by molar-refractivity contribution is 5.96. The lowest BCUT2D eigenvalue weighted by atomic mass is 10.2. The van der Waals surface area contributed by atoms with E-state index in [9.17, 15) is 0 Å². The summed E-state index contributed by atoms with van der Waals surface area (Å²) in [4.78, 5) is 4.07. The summed E-state index contributed by atoms with van der Waals surface area (Å²) in [6.45, 7) is 5.11. The van der Waals surface area contributed by atoms with E-state index < -0.39 is 0 Å². The molecule has 0 aliphatic rings.